The second-order valence-electron chi connectivity index (χ2n) is 5.54. The molecule has 3 rings (SSSR count). The smallest absolute Gasteiger partial charge is 0.221 e. The third-order valence-corrected chi connectivity index (χ3v) is 3.88. The van der Waals surface area contributed by atoms with Crippen LogP contribution in [-0.2, 0) is 0 Å². The fourth-order valence-electron chi connectivity index (χ4n) is 2.59. The first kappa shape index (κ1) is 18.1. The molecule has 2 aromatic carbocycles. The summed E-state index contributed by atoms with van der Waals surface area (Å²) in [6.45, 7) is -0.0699. The minimum atomic E-state index is -0.267. The highest BCUT2D eigenvalue weighted by Crippen LogP contribution is 2.30. The number of carbonyl (C=O) groups excluding carboxylic acids is 1. The van der Waals surface area contributed by atoms with E-state index in [0.29, 0.717) is 22.8 Å². The van der Waals surface area contributed by atoms with E-state index in [9.17, 15) is 4.79 Å². The van der Waals surface area contributed by atoms with Gasteiger partial charge in [0.15, 0.2) is 35.2 Å². The number of ether oxygens (including phenoxy) is 3. The molecule has 0 bridgehead atoms. The van der Waals surface area contributed by atoms with E-state index in [1.807, 2.05) is 18.2 Å². The summed E-state index contributed by atoms with van der Waals surface area (Å²) in [4.78, 5) is 12.4. The van der Waals surface area contributed by atoms with E-state index in [1.54, 1.807) is 43.5 Å². The van der Waals surface area contributed by atoms with Crippen LogP contribution in [0.25, 0.3) is 17.0 Å². The maximum atomic E-state index is 12.4. The van der Waals surface area contributed by atoms with Gasteiger partial charge in [0, 0.05) is 5.39 Å². The molecule has 136 valence electrons. The molecule has 0 N–H and O–H groups in total. The van der Waals surface area contributed by atoms with E-state index >= 15 is 0 Å². The number of allylic oxidation sites excluding steroid dienone is 1. The number of furan rings is 1. The molecule has 1 aromatic heterocycles. The first-order chi connectivity index (χ1) is 13.2. The van der Waals surface area contributed by atoms with Gasteiger partial charge < -0.3 is 18.6 Å². The number of rotatable bonds is 7. The Morgan fingerprint density at radius 3 is 2.67 bits per heavy atom. The number of carbonyl (C=O) groups is 1. The lowest BCUT2D eigenvalue weighted by atomic mass is 10.1. The number of nitriles is 1. The predicted octanol–water partition coefficient (Wildman–Crippen LogP) is 4.25. The predicted molar refractivity (Wildman–Crippen MR) is 100 cm³/mol. The minimum Gasteiger partial charge on any atom is -0.493 e. The second kappa shape index (κ2) is 8.11. The quantitative estimate of drug-likeness (QED) is 0.461. The van der Waals surface area contributed by atoms with E-state index in [0.717, 1.165) is 10.9 Å². The van der Waals surface area contributed by atoms with Crippen molar-refractivity contribution in [2.24, 2.45) is 0 Å². The van der Waals surface area contributed by atoms with Gasteiger partial charge in [0.2, 0.25) is 5.78 Å². The molecule has 0 unspecified atom stereocenters. The molecule has 0 aliphatic rings. The maximum absolute atomic E-state index is 12.4. The first-order valence-corrected chi connectivity index (χ1v) is 8.13. The van der Waals surface area contributed by atoms with Gasteiger partial charge in [-0.1, -0.05) is 24.3 Å². The van der Waals surface area contributed by atoms with Crippen LogP contribution in [0.4, 0.5) is 0 Å². The normalized spacial score (nSPS) is 10.7. The highest BCUT2D eigenvalue weighted by Gasteiger charge is 2.13. The number of fused-ring (bicyclic) bond motifs is 1. The summed E-state index contributed by atoms with van der Waals surface area (Å²) in [5.41, 5.74) is 1.29. The fourth-order valence-corrected chi connectivity index (χ4v) is 2.59. The van der Waals surface area contributed by atoms with Crippen LogP contribution in [0.15, 0.2) is 53.0 Å². The van der Waals surface area contributed by atoms with Crippen LogP contribution in [0.1, 0.15) is 16.1 Å². The Balaban J connectivity index is 1.81. The van der Waals surface area contributed by atoms with Gasteiger partial charge >= 0.3 is 0 Å². The molecule has 6 heteroatoms. The van der Waals surface area contributed by atoms with Gasteiger partial charge in [0.05, 0.1) is 14.2 Å². The molecule has 0 atom stereocenters. The number of ketones is 1. The van der Waals surface area contributed by atoms with Gasteiger partial charge in [-0.15, -0.1) is 0 Å². The lowest BCUT2D eigenvalue weighted by Crippen LogP contribution is -1.97. The largest absolute Gasteiger partial charge is 0.493 e. The Hall–Kier alpha value is -3.72. The molecule has 0 aliphatic heterocycles. The lowest BCUT2D eigenvalue weighted by molar-refractivity contribution is 0.102. The van der Waals surface area contributed by atoms with Crippen molar-refractivity contribution < 1.29 is 23.4 Å². The average Bonchev–Trinajstić information content (AvgIpc) is 3.15. The third kappa shape index (κ3) is 3.93. The Morgan fingerprint density at radius 1 is 1.11 bits per heavy atom. The molecule has 0 spiro atoms. The highest BCUT2D eigenvalue weighted by atomic mass is 16.5. The molecule has 0 amide bonds. The summed E-state index contributed by atoms with van der Waals surface area (Å²) in [6.07, 6.45) is 3.08. The minimum absolute atomic E-state index is 0.0699. The summed E-state index contributed by atoms with van der Waals surface area (Å²) in [7, 11) is 3.06. The fraction of sp³-hybridized carbons (Fsp3) is 0.143. The van der Waals surface area contributed by atoms with E-state index in [2.05, 4.69) is 0 Å². The molecule has 6 nitrogen and oxygen atoms in total. The summed E-state index contributed by atoms with van der Waals surface area (Å²) >= 11 is 0. The zero-order chi connectivity index (χ0) is 19.2. The van der Waals surface area contributed by atoms with Gasteiger partial charge in [-0.3, -0.25) is 4.79 Å². The number of methoxy groups -OCH3 is 2. The molecule has 3 aromatic rings. The molecule has 0 aliphatic carbocycles. The van der Waals surface area contributed by atoms with Gasteiger partial charge in [-0.2, -0.15) is 5.26 Å². The summed E-state index contributed by atoms with van der Waals surface area (Å²) in [5, 5.41) is 9.40. The molecule has 0 radical (unpaired) electrons. The molecule has 0 saturated heterocycles. The molecule has 0 fully saturated rings. The van der Waals surface area contributed by atoms with E-state index in [4.69, 9.17) is 23.9 Å². The third-order valence-electron chi connectivity index (χ3n) is 3.88. The molecule has 1 heterocycles. The number of benzene rings is 2. The topological polar surface area (TPSA) is 81.7 Å². The van der Waals surface area contributed by atoms with Crippen molar-refractivity contribution in [1.82, 2.24) is 0 Å². The van der Waals surface area contributed by atoms with Crippen LogP contribution in [0, 0.1) is 11.3 Å². The van der Waals surface area contributed by atoms with Crippen molar-refractivity contribution in [2.45, 2.75) is 0 Å². The number of nitrogens with zero attached hydrogens (tertiary/aromatic N) is 1. The molecular weight excluding hydrogens is 346 g/mol. The van der Waals surface area contributed by atoms with Gasteiger partial charge in [0.25, 0.3) is 0 Å². The Kier molecular flexibility index (Phi) is 5.43. The standard InChI is InChI=1S/C21H17NO5/c1-24-18-5-3-4-15-13-19(27-21(15)18)16(23)8-6-14-7-9-17(26-11-10-22)20(12-14)25-2/h3-9,12-13H,11H2,1-2H3/b8-6+. The van der Waals surface area contributed by atoms with E-state index in [-0.39, 0.29) is 18.2 Å². The molecule has 27 heavy (non-hydrogen) atoms. The van der Waals surface area contributed by atoms with Crippen molar-refractivity contribution in [3.8, 4) is 23.3 Å². The van der Waals surface area contributed by atoms with Crippen LogP contribution >= 0.6 is 0 Å². The van der Waals surface area contributed by atoms with Crippen LogP contribution in [0.3, 0.4) is 0 Å². The van der Waals surface area contributed by atoms with Crippen molar-refractivity contribution in [2.75, 3.05) is 20.8 Å². The SMILES string of the molecule is COc1cc(/C=C/C(=O)c2cc3cccc(OC)c3o2)ccc1OCC#N. The lowest BCUT2D eigenvalue weighted by Gasteiger charge is -2.08. The molecule has 0 saturated carbocycles. The first-order valence-electron chi connectivity index (χ1n) is 8.13. The van der Waals surface area contributed by atoms with Crippen LogP contribution < -0.4 is 14.2 Å². The Labute approximate surface area is 156 Å². The summed E-state index contributed by atoms with van der Waals surface area (Å²) < 4.78 is 21.4. The maximum Gasteiger partial charge on any atom is 0.221 e. The van der Waals surface area contributed by atoms with Gasteiger partial charge in [-0.05, 0) is 35.9 Å². The van der Waals surface area contributed by atoms with Gasteiger partial charge in [0.1, 0.15) is 6.07 Å². The zero-order valence-electron chi connectivity index (χ0n) is 14.9. The monoisotopic (exact) mass is 363 g/mol. The summed E-state index contributed by atoms with van der Waals surface area (Å²) in [6, 6.07) is 14.2. The Bertz CT molecular complexity index is 1040. The number of hydrogen-bond acceptors (Lipinski definition) is 6. The van der Waals surface area contributed by atoms with Gasteiger partial charge in [-0.25, -0.2) is 0 Å². The zero-order valence-corrected chi connectivity index (χ0v) is 14.9. The van der Waals surface area contributed by atoms with Crippen LogP contribution in [0.2, 0.25) is 0 Å². The Morgan fingerprint density at radius 2 is 1.93 bits per heavy atom. The van der Waals surface area contributed by atoms with E-state index < -0.39 is 0 Å². The van der Waals surface area contributed by atoms with Crippen molar-refractivity contribution in [3.05, 3.63) is 59.9 Å². The number of hydrogen-bond donors (Lipinski definition) is 0. The second-order valence-corrected chi connectivity index (χ2v) is 5.54. The highest BCUT2D eigenvalue weighted by molar-refractivity contribution is 6.07. The van der Waals surface area contributed by atoms with Crippen molar-refractivity contribution in [3.63, 3.8) is 0 Å². The summed E-state index contributed by atoms with van der Waals surface area (Å²) in [5.74, 6) is 1.48. The number of para-hydroxylation sites is 1. The van der Waals surface area contributed by atoms with Crippen molar-refractivity contribution in [1.29, 1.82) is 5.26 Å². The average molecular weight is 363 g/mol. The van der Waals surface area contributed by atoms with Crippen LogP contribution in [-0.4, -0.2) is 26.6 Å². The molecular formula is C21H17NO5. The van der Waals surface area contributed by atoms with Crippen molar-refractivity contribution >= 4 is 22.8 Å². The van der Waals surface area contributed by atoms with E-state index in [1.165, 1.54) is 13.2 Å². The van der Waals surface area contributed by atoms with Crippen LogP contribution in [0.5, 0.6) is 17.2 Å².